The number of ether oxygens (including phenoxy) is 1. The topological polar surface area (TPSA) is 91.4 Å². The fourth-order valence-electron chi connectivity index (χ4n) is 3.73. The summed E-state index contributed by atoms with van der Waals surface area (Å²) in [6.45, 7) is 9.02. The summed E-state index contributed by atoms with van der Waals surface area (Å²) >= 11 is 0. The molecule has 0 saturated carbocycles. The molecule has 2 aromatic carbocycles. The zero-order valence-electron chi connectivity index (χ0n) is 18.4. The number of carbonyl (C=O) groups is 2. The molecule has 3 rings (SSSR count). The molecule has 0 unspecified atom stereocenters. The van der Waals surface area contributed by atoms with Crippen LogP contribution in [0.2, 0.25) is 0 Å². The van der Waals surface area contributed by atoms with Gasteiger partial charge < -0.3 is 20.1 Å². The third kappa shape index (κ3) is 4.86. The number of carbonyl (C=O) groups excluding carboxylic acids is 2. The molecule has 6 heteroatoms. The second kappa shape index (κ2) is 9.18. The van der Waals surface area contributed by atoms with Crippen LogP contribution in [0.5, 0.6) is 0 Å². The molecule has 3 aromatic rings. The molecule has 0 fully saturated rings. The fraction of sp³-hybridized carbons (Fsp3) is 0.280. The van der Waals surface area contributed by atoms with Crippen molar-refractivity contribution in [3.63, 3.8) is 0 Å². The number of aliphatic hydroxyl groups is 1. The molecule has 31 heavy (non-hydrogen) atoms. The lowest BCUT2D eigenvalue weighted by atomic mass is 10.1. The molecule has 0 aliphatic carbocycles. The van der Waals surface area contributed by atoms with Crippen LogP contribution in [0.25, 0.3) is 0 Å². The van der Waals surface area contributed by atoms with E-state index < -0.39 is 24.1 Å². The molecule has 3 N–H and O–H groups in total. The number of hydrogen-bond acceptors (Lipinski definition) is 4. The van der Waals surface area contributed by atoms with Crippen LogP contribution in [0.4, 0.5) is 5.69 Å². The molecule has 0 aliphatic rings. The number of esters is 1. The second-order valence-electron chi connectivity index (χ2n) is 7.84. The van der Waals surface area contributed by atoms with Gasteiger partial charge in [0.2, 0.25) is 6.10 Å². The number of amides is 1. The molecule has 1 amide bonds. The molecule has 0 aliphatic heterocycles. The van der Waals surface area contributed by atoms with Crippen LogP contribution in [-0.4, -0.2) is 22.0 Å². The highest BCUT2D eigenvalue weighted by Gasteiger charge is 2.29. The van der Waals surface area contributed by atoms with E-state index in [1.807, 2.05) is 38.1 Å². The lowest BCUT2D eigenvalue weighted by Gasteiger charge is -2.19. The summed E-state index contributed by atoms with van der Waals surface area (Å²) in [5.74, 6) is -1.10. The number of aromatic amines is 1. The van der Waals surface area contributed by atoms with Crippen LogP contribution in [0.3, 0.4) is 0 Å². The van der Waals surface area contributed by atoms with E-state index in [0.717, 1.165) is 11.1 Å². The summed E-state index contributed by atoms with van der Waals surface area (Å²) in [5.41, 5.74) is 5.35. The SMILES string of the molecule is Cc1ccc(C)c(NC(=O)[C@@H](OC(=O)c2[nH]c(C)c([C@@H](C)O)c2C)c2ccccc2)c1. The van der Waals surface area contributed by atoms with Crippen LogP contribution in [0, 0.1) is 27.7 Å². The van der Waals surface area contributed by atoms with Gasteiger partial charge >= 0.3 is 5.97 Å². The molecule has 2 atom stereocenters. The highest BCUT2D eigenvalue weighted by atomic mass is 16.5. The van der Waals surface area contributed by atoms with E-state index in [0.29, 0.717) is 28.1 Å². The summed E-state index contributed by atoms with van der Waals surface area (Å²) in [6.07, 6.45) is -1.86. The molecule has 6 nitrogen and oxygen atoms in total. The Labute approximate surface area is 182 Å². The number of aryl methyl sites for hydroxylation is 3. The first-order chi connectivity index (χ1) is 14.7. The lowest BCUT2D eigenvalue weighted by molar-refractivity contribution is -0.125. The summed E-state index contributed by atoms with van der Waals surface area (Å²) in [4.78, 5) is 29.2. The monoisotopic (exact) mass is 420 g/mol. The number of rotatable bonds is 6. The van der Waals surface area contributed by atoms with E-state index in [1.54, 1.807) is 45.0 Å². The van der Waals surface area contributed by atoms with Crippen LogP contribution in [0.15, 0.2) is 48.5 Å². The number of H-pyrrole nitrogens is 1. The van der Waals surface area contributed by atoms with E-state index >= 15 is 0 Å². The van der Waals surface area contributed by atoms with Crippen LogP contribution in [-0.2, 0) is 9.53 Å². The van der Waals surface area contributed by atoms with Crippen molar-refractivity contribution in [1.29, 1.82) is 0 Å². The highest BCUT2D eigenvalue weighted by molar-refractivity contribution is 5.98. The fourth-order valence-corrected chi connectivity index (χ4v) is 3.73. The van der Waals surface area contributed by atoms with E-state index in [4.69, 9.17) is 4.74 Å². The summed E-state index contributed by atoms with van der Waals surface area (Å²) in [6, 6.07) is 14.7. The molecule has 162 valence electrons. The van der Waals surface area contributed by atoms with Crippen molar-refractivity contribution in [3.8, 4) is 0 Å². The lowest BCUT2D eigenvalue weighted by Crippen LogP contribution is -2.26. The van der Waals surface area contributed by atoms with Gasteiger partial charge in [0.1, 0.15) is 5.69 Å². The van der Waals surface area contributed by atoms with Crippen molar-refractivity contribution in [2.24, 2.45) is 0 Å². The molecule has 0 radical (unpaired) electrons. The van der Waals surface area contributed by atoms with Gasteiger partial charge in [-0.15, -0.1) is 0 Å². The quantitative estimate of drug-likeness (QED) is 0.498. The number of anilines is 1. The van der Waals surface area contributed by atoms with Gasteiger partial charge in [0.05, 0.1) is 6.10 Å². The Bertz CT molecular complexity index is 1100. The van der Waals surface area contributed by atoms with Gasteiger partial charge in [0.25, 0.3) is 5.91 Å². The minimum absolute atomic E-state index is 0.230. The van der Waals surface area contributed by atoms with E-state index in [1.165, 1.54) is 0 Å². The Morgan fingerprint density at radius 2 is 1.71 bits per heavy atom. The van der Waals surface area contributed by atoms with Crippen molar-refractivity contribution >= 4 is 17.6 Å². The molecule has 0 bridgehead atoms. The molecule has 1 aromatic heterocycles. The van der Waals surface area contributed by atoms with Crippen molar-refractivity contribution in [1.82, 2.24) is 4.98 Å². The van der Waals surface area contributed by atoms with Gasteiger partial charge in [-0.05, 0) is 57.4 Å². The smallest absolute Gasteiger partial charge is 0.356 e. The van der Waals surface area contributed by atoms with Gasteiger partial charge in [0, 0.05) is 22.5 Å². The van der Waals surface area contributed by atoms with Crippen molar-refractivity contribution in [2.75, 3.05) is 5.32 Å². The van der Waals surface area contributed by atoms with E-state index in [2.05, 4.69) is 10.3 Å². The summed E-state index contributed by atoms with van der Waals surface area (Å²) < 4.78 is 5.69. The zero-order valence-corrected chi connectivity index (χ0v) is 18.4. The summed E-state index contributed by atoms with van der Waals surface area (Å²) in [7, 11) is 0. The predicted octanol–water partition coefficient (Wildman–Crippen LogP) is 4.84. The first kappa shape index (κ1) is 22.3. The van der Waals surface area contributed by atoms with E-state index in [9.17, 15) is 14.7 Å². The molecular weight excluding hydrogens is 392 g/mol. The average molecular weight is 421 g/mol. The Kier molecular flexibility index (Phi) is 6.61. The minimum atomic E-state index is -1.13. The zero-order chi connectivity index (χ0) is 22.7. The van der Waals surface area contributed by atoms with Crippen molar-refractivity contribution in [2.45, 2.75) is 46.8 Å². The van der Waals surface area contributed by atoms with Gasteiger partial charge in [-0.2, -0.15) is 0 Å². The number of benzene rings is 2. The average Bonchev–Trinajstić information content (AvgIpc) is 3.03. The van der Waals surface area contributed by atoms with Crippen LogP contribution in [0.1, 0.15) is 63.1 Å². The maximum Gasteiger partial charge on any atom is 0.356 e. The van der Waals surface area contributed by atoms with Crippen molar-refractivity contribution < 1.29 is 19.4 Å². The molecule has 0 saturated heterocycles. The van der Waals surface area contributed by atoms with Gasteiger partial charge in [-0.1, -0.05) is 42.5 Å². The Balaban J connectivity index is 1.92. The normalized spacial score (nSPS) is 12.8. The van der Waals surface area contributed by atoms with E-state index in [-0.39, 0.29) is 5.69 Å². The third-order valence-corrected chi connectivity index (χ3v) is 5.33. The number of hydrogen-bond donors (Lipinski definition) is 3. The first-order valence-electron chi connectivity index (χ1n) is 10.2. The van der Waals surface area contributed by atoms with Gasteiger partial charge in [-0.25, -0.2) is 4.79 Å². The van der Waals surface area contributed by atoms with Crippen molar-refractivity contribution in [3.05, 3.63) is 87.7 Å². The Hall–Kier alpha value is -3.38. The number of aliphatic hydroxyl groups excluding tert-OH is 1. The minimum Gasteiger partial charge on any atom is -0.443 e. The van der Waals surface area contributed by atoms with Gasteiger partial charge in [0.15, 0.2) is 0 Å². The standard InChI is InChI=1S/C25H28N2O4/c1-14-11-12-15(2)20(13-14)27-24(29)23(19-9-7-6-8-10-19)31-25(30)22-16(3)21(18(5)28)17(4)26-22/h6-13,18,23,26,28H,1-5H3,(H,27,29)/t18-,23+/m1/s1. The second-order valence-corrected chi connectivity index (χ2v) is 7.84. The third-order valence-electron chi connectivity index (χ3n) is 5.33. The predicted molar refractivity (Wildman–Crippen MR) is 120 cm³/mol. The first-order valence-corrected chi connectivity index (χ1v) is 10.2. The summed E-state index contributed by atoms with van der Waals surface area (Å²) in [5, 5.41) is 12.9. The number of nitrogens with one attached hydrogen (secondary N) is 2. The van der Waals surface area contributed by atoms with Gasteiger partial charge in [-0.3, -0.25) is 4.79 Å². The number of aromatic nitrogens is 1. The maximum atomic E-state index is 13.2. The molecule has 1 heterocycles. The van der Waals surface area contributed by atoms with Crippen LogP contribution >= 0.6 is 0 Å². The Morgan fingerprint density at radius 3 is 2.32 bits per heavy atom. The largest absolute Gasteiger partial charge is 0.443 e. The Morgan fingerprint density at radius 1 is 1.03 bits per heavy atom. The molecular formula is C25H28N2O4. The molecule has 0 spiro atoms. The van der Waals surface area contributed by atoms with Crippen LogP contribution < -0.4 is 5.32 Å². The maximum absolute atomic E-state index is 13.2. The highest BCUT2D eigenvalue weighted by Crippen LogP contribution is 2.28.